The lowest BCUT2D eigenvalue weighted by atomic mass is 9.79. The first kappa shape index (κ1) is 19.5. The molecule has 0 saturated carbocycles. The molecule has 1 aliphatic carbocycles. The Balaban J connectivity index is 2.27. The lowest BCUT2D eigenvalue weighted by Crippen LogP contribution is -3.06. The first-order valence-corrected chi connectivity index (χ1v) is 9.82. The molecule has 1 atom stereocenters. The van der Waals surface area contributed by atoms with Gasteiger partial charge >= 0.3 is 0 Å². The number of hydrogen-bond donors (Lipinski definition) is 2. The van der Waals surface area contributed by atoms with Crippen molar-refractivity contribution in [2.24, 2.45) is 0 Å². The summed E-state index contributed by atoms with van der Waals surface area (Å²) in [5, 5.41) is 2.55. The van der Waals surface area contributed by atoms with E-state index in [9.17, 15) is 0 Å². The fourth-order valence-corrected chi connectivity index (χ4v) is 3.94. The van der Waals surface area contributed by atoms with E-state index in [4.69, 9.17) is 0 Å². The van der Waals surface area contributed by atoms with Crippen molar-refractivity contribution in [3.8, 4) is 0 Å². The van der Waals surface area contributed by atoms with Crippen LogP contribution in [0.15, 0.2) is 12.1 Å². The summed E-state index contributed by atoms with van der Waals surface area (Å²) < 4.78 is 0. The molecule has 3 N–H and O–H groups in total. The molecule has 1 aromatic carbocycles. The maximum absolute atomic E-state index is 2.55. The van der Waals surface area contributed by atoms with Gasteiger partial charge in [0, 0.05) is 12.0 Å². The van der Waals surface area contributed by atoms with Crippen LogP contribution in [-0.2, 0) is 17.3 Å². The van der Waals surface area contributed by atoms with Crippen molar-refractivity contribution in [3.63, 3.8) is 0 Å². The number of benzene rings is 1. The van der Waals surface area contributed by atoms with Gasteiger partial charge in [0.15, 0.2) is 0 Å². The second kappa shape index (κ2) is 7.17. The minimum atomic E-state index is 0.219. The van der Waals surface area contributed by atoms with Crippen molar-refractivity contribution in [2.45, 2.75) is 77.7 Å². The van der Waals surface area contributed by atoms with Crippen LogP contribution in [0, 0.1) is 0 Å². The fourth-order valence-electron chi connectivity index (χ4n) is 3.94. The van der Waals surface area contributed by atoms with Crippen LogP contribution in [0.2, 0.25) is 0 Å². The molecule has 1 aromatic rings. The number of hydrogen-bond acceptors (Lipinski definition) is 0. The third-order valence-electron chi connectivity index (χ3n) is 5.77. The average Bonchev–Trinajstić information content (AvgIpc) is 2.77. The Morgan fingerprint density at radius 1 is 1.21 bits per heavy atom. The van der Waals surface area contributed by atoms with Gasteiger partial charge in [-0.25, -0.2) is 0 Å². The van der Waals surface area contributed by atoms with Crippen LogP contribution < -0.4 is 10.2 Å². The maximum Gasteiger partial charge on any atom is 0.109 e. The van der Waals surface area contributed by atoms with E-state index in [-0.39, 0.29) is 5.41 Å². The van der Waals surface area contributed by atoms with E-state index in [1.165, 1.54) is 37.9 Å². The second-order valence-corrected chi connectivity index (χ2v) is 9.85. The number of quaternary nitrogens is 2. The normalized spacial score (nSPS) is 18.0. The molecular weight excluding hydrogens is 292 g/mol. The first-order chi connectivity index (χ1) is 11.0. The van der Waals surface area contributed by atoms with Crippen LogP contribution in [0.3, 0.4) is 0 Å². The highest BCUT2D eigenvalue weighted by molar-refractivity contribution is 5.48. The third kappa shape index (κ3) is 4.40. The molecule has 0 amide bonds. The monoisotopic (exact) mass is 332 g/mol. The Morgan fingerprint density at radius 2 is 1.88 bits per heavy atom. The van der Waals surface area contributed by atoms with E-state index in [0.717, 1.165) is 0 Å². The van der Waals surface area contributed by atoms with Gasteiger partial charge < -0.3 is 10.2 Å². The Kier molecular flexibility index (Phi) is 5.82. The summed E-state index contributed by atoms with van der Waals surface area (Å²) in [6.07, 6.45) is 3.83. The molecule has 0 saturated heterocycles. The van der Waals surface area contributed by atoms with E-state index in [0.29, 0.717) is 11.5 Å². The van der Waals surface area contributed by atoms with E-state index in [2.05, 4.69) is 73.1 Å². The van der Waals surface area contributed by atoms with E-state index < -0.39 is 0 Å². The van der Waals surface area contributed by atoms with Crippen LogP contribution in [0.5, 0.6) is 0 Å². The minimum Gasteiger partial charge on any atom is -0.340 e. The molecule has 2 rings (SSSR count). The van der Waals surface area contributed by atoms with Crippen molar-refractivity contribution in [2.75, 3.05) is 27.2 Å². The zero-order valence-corrected chi connectivity index (χ0v) is 17.3. The van der Waals surface area contributed by atoms with Crippen LogP contribution in [0.1, 0.15) is 82.7 Å². The van der Waals surface area contributed by atoms with Crippen molar-refractivity contribution in [1.29, 1.82) is 0 Å². The van der Waals surface area contributed by atoms with Crippen molar-refractivity contribution < 1.29 is 10.2 Å². The molecule has 0 radical (unpaired) electrons. The molecule has 0 spiro atoms. The molecule has 24 heavy (non-hydrogen) atoms. The predicted molar refractivity (Wildman–Crippen MR) is 104 cm³/mol. The van der Waals surface area contributed by atoms with Crippen molar-refractivity contribution >= 4 is 0 Å². The molecule has 0 unspecified atom stereocenters. The summed E-state index contributed by atoms with van der Waals surface area (Å²) in [5.74, 6) is 0. The summed E-state index contributed by atoms with van der Waals surface area (Å²) in [7, 11) is 4.48. The molecule has 2 heteroatoms. The zero-order valence-electron chi connectivity index (χ0n) is 17.3. The first-order valence-electron chi connectivity index (χ1n) is 9.82. The smallest absolute Gasteiger partial charge is 0.109 e. The topological polar surface area (TPSA) is 21.1 Å². The zero-order chi connectivity index (χ0) is 18.1. The molecule has 0 aromatic heterocycles. The molecule has 2 nitrogen and oxygen atoms in total. The van der Waals surface area contributed by atoms with Crippen LogP contribution in [0.4, 0.5) is 0 Å². The van der Waals surface area contributed by atoms with Gasteiger partial charge in [-0.2, -0.15) is 0 Å². The number of nitrogens with two attached hydrogens (primary N) is 1. The fraction of sp³-hybridized carbons (Fsp3) is 0.727. The van der Waals surface area contributed by atoms with E-state index in [1.54, 1.807) is 21.6 Å². The Morgan fingerprint density at radius 3 is 2.46 bits per heavy atom. The van der Waals surface area contributed by atoms with Gasteiger partial charge in [-0.1, -0.05) is 40.7 Å². The van der Waals surface area contributed by atoms with Crippen molar-refractivity contribution in [3.05, 3.63) is 34.4 Å². The molecule has 0 aliphatic heterocycles. The van der Waals surface area contributed by atoms with Gasteiger partial charge in [-0.15, -0.1) is 0 Å². The number of nitrogens with one attached hydrogen (secondary N) is 1. The van der Waals surface area contributed by atoms with Crippen LogP contribution in [0.25, 0.3) is 0 Å². The summed E-state index contributed by atoms with van der Waals surface area (Å²) >= 11 is 0. The van der Waals surface area contributed by atoms with Crippen LogP contribution >= 0.6 is 0 Å². The Labute approximate surface area is 150 Å². The largest absolute Gasteiger partial charge is 0.340 e. The Hall–Kier alpha value is -0.860. The molecule has 0 bridgehead atoms. The number of rotatable bonds is 6. The van der Waals surface area contributed by atoms with Crippen LogP contribution in [-0.4, -0.2) is 27.2 Å². The molecule has 0 heterocycles. The molecule has 136 valence electrons. The third-order valence-corrected chi connectivity index (χ3v) is 5.77. The van der Waals surface area contributed by atoms with Gasteiger partial charge in [-0.3, -0.25) is 0 Å². The lowest BCUT2D eigenvalue weighted by molar-refractivity contribution is -0.860. The summed E-state index contributed by atoms with van der Waals surface area (Å²) in [4.78, 5) is 1.55. The predicted octanol–water partition coefficient (Wildman–Crippen LogP) is 2.37. The summed E-state index contributed by atoms with van der Waals surface area (Å²) in [5.41, 5.74) is 6.91. The lowest BCUT2D eigenvalue weighted by Gasteiger charge is -2.27. The van der Waals surface area contributed by atoms with Gasteiger partial charge in [-0.05, 0) is 53.4 Å². The van der Waals surface area contributed by atoms with E-state index >= 15 is 0 Å². The Bertz CT molecular complexity index is 564. The number of fused-ring (bicyclic) bond motifs is 1. The quantitative estimate of drug-likeness (QED) is 0.747. The highest BCUT2D eigenvalue weighted by atomic mass is 15.1. The molecule has 1 aliphatic rings. The van der Waals surface area contributed by atoms with E-state index in [1.807, 2.05) is 0 Å². The maximum atomic E-state index is 2.55. The molecular formula is C22H40N2+2. The standard InChI is InChI=1S/C22H38N2/c1-16(23-12-9-13-24(7)8)19-14-17(21(2,3)4)15-20-18(19)10-11-22(20,5)6/h14-16,23H,9-13H2,1-8H3/p+2/t16-/m1/s1. The van der Waals surface area contributed by atoms with Crippen molar-refractivity contribution in [1.82, 2.24) is 0 Å². The average molecular weight is 333 g/mol. The highest BCUT2D eigenvalue weighted by Gasteiger charge is 2.34. The highest BCUT2D eigenvalue weighted by Crippen LogP contribution is 2.43. The van der Waals surface area contributed by atoms with Gasteiger partial charge in [0.05, 0.1) is 27.2 Å². The second-order valence-electron chi connectivity index (χ2n) is 9.85. The summed E-state index contributed by atoms with van der Waals surface area (Å²) in [6, 6.07) is 5.58. The van der Waals surface area contributed by atoms with Gasteiger partial charge in [0.2, 0.25) is 0 Å². The van der Waals surface area contributed by atoms with Gasteiger partial charge in [0.1, 0.15) is 6.04 Å². The SMILES string of the molecule is C[C@@H]([NH2+]CCC[NH+](C)C)c1cc(C(C)(C)C)cc2c1CCC2(C)C. The minimum absolute atomic E-state index is 0.219. The molecule has 0 fully saturated rings. The summed E-state index contributed by atoms with van der Waals surface area (Å²) in [6.45, 7) is 16.8. The van der Waals surface area contributed by atoms with Gasteiger partial charge in [0.25, 0.3) is 0 Å².